The van der Waals surface area contributed by atoms with Gasteiger partial charge in [-0.25, -0.2) is 0 Å². The number of aromatic nitrogens is 1. The second-order valence-electron chi connectivity index (χ2n) is 3.27. The summed E-state index contributed by atoms with van der Waals surface area (Å²) < 4.78 is 0. The summed E-state index contributed by atoms with van der Waals surface area (Å²) in [6.45, 7) is 3.19. The molecular weight excluding hydrogens is 194 g/mol. The van der Waals surface area contributed by atoms with Crippen LogP contribution in [0.2, 0.25) is 0 Å². The summed E-state index contributed by atoms with van der Waals surface area (Å²) in [4.78, 5) is 4.01. The zero-order valence-corrected chi connectivity index (χ0v) is 9.47. The summed E-state index contributed by atoms with van der Waals surface area (Å²) in [7, 11) is 0. The number of anilines is 2. The zero-order chi connectivity index (χ0) is 10.4. The van der Waals surface area contributed by atoms with Gasteiger partial charge in [0.25, 0.3) is 0 Å². The third-order valence-electron chi connectivity index (χ3n) is 2.04. The molecule has 0 spiro atoms. The van der Waals surface area contributed by atoms with Crippen LogP contribution in [-0.4, -0.2) is 23.0 Å². The number of nitrogens with zero attached hydrogens (tertiary/aromatic N) is 1. The molecule has 1 atom stereocenters. The van der Waals surface area contributed by atoms with Crippen LogP contribution >= 0.6 is 11.8 Å². The molecule has 0 aliphatic carbocycles. The number of nitrogen functional groups attached to an aromatic ring is 1. The summed E-state index contributed by atoms with van der Waals surface area (Å²) in [5, 5.41) is 3.99. The maximum atomic E-state index is 5.61. The van der Waals surface area contributed by atoms with Gasteiger partial charge in [0.05, 0.1) is 17.6 Å². The summed E-state index contributed by atoms with van der Waals surface area (Å²) in [6, 6.07) is 1.90. The Hall–Kier alpha value is -0.900. The number of hydrogen-bond donors (Lipinski definition) is 2. The lowest BCUT2D eigenvalue weighted by atomic mass is 10.3. The second kappa shape index (κ2) is 5.75. The molecule has 0 aromatic carbocycles. The SMILES string of the molecule is CSC(C)CCNc1cncc(N)c1. The van der Waals surface area contributed by atoms with Gasteiger partial charge in [0.15, 0.2) is 0 Å². The standard InChI is InChI=1S/C10H17N3S/c1-8(14-2)3-4-13-10-5-9(11)6-12-7-10/h5-8,13H,3-4,11H2,1-2H3. The minimum absolute atomic E-state index is 0.691. The van der Waals surface area contributed by atoms with Crippen LogP contribution in [0.3, 0.4) is 0 Å². The van der Waals surface area contributed by atoms with E-state index in [1.165, 1.54) is 0 Å². The largest absolute Gasteiger partial charge is 0.397 e. The molecule has 0 amide bonds. The lowest BCUT2D eigenvalue weighted by Crippen LogP contribution is -2.08. The highest BCUT2D eigenvalue weighted by Gasteiger charge is 1.98. The van der Waals surface area contributed by atoms with Gasteiger partial charge >= 0.3 is 0 Å². The van der Waals surface area contributed by atoms with Crippen LogP contribution in [0.25, 0.3) is 0 Å². The van der Waals surface area contributed by atoms with Crippen LogP contribution in [0.5, 0.6) is 0 Å². The summed E-state index contributed by atoms with van der Waals surface area (Å²) in [5.74, 6) is 0. The van der Waals surface area contributed by atoms with Gasteiger partial charge in [-0.2, -0.15) is 11.8 Å². The van der Waals surface area contributed by atoms with Gasteiger partial charge in [-0.15, -0.1) is 0 Å². The van der Waals surface area contributed by atoms with E-state index in [2.05, 4.69) is 23.5 Å². The molecule has 0 bridgehead atoms. The van der Waals surface area contributed by atoms with Crippen molar-refractivity contribution >= 4 is 23.1 Å². The third kappa shape index (κ3) is 3.87. The Kier molecular flexibility index (Phi) is 4.59. The molecule has 0 saturated carbocycles. The molecule has 14 heavy (non-hydrogen) atoms. The maximum Gasteiger partial charge on any atom is 0.0547 e. The Morgan fingerprint density at radius 2 is 2.36 bits per heavy atom. The lowest BCUT2D eigenvalue weighted by molar-refractivity contribution is 0.853. The molecule has 1 aromatic rings. The van der Waals surface area contributed by atoms with Gasteiger partial charge in [0, 0.05) is 18.0 Å². The van der Waals surface area contributed by atoms with Gasteiger partial charge in [0.1, 0.15) is 0 Å². The van der Waals surface area contributed by atoms with Crippen molar-refractivity contribution in [1.29, 1.82) is 0 Å². The van der Waals surface area contributed by atoms with Crippen molar-refractivity contribution in [2.24, 2.45) is 0 Å². The van der Waals surface area contributed by atoms with Crippen LogP contribution in [-0.2, 0) is 0 Å². The summed E-state index contributed by atoms with van der Waals surface area (Å²) in [5.41, 5.74) is 7.31. The topological polar surface area (TPSA) is 50.9 Å². The van der Waals surface area contributed by atoms with Crippen LogP contribution in [0, 0.1) is 0 Å². The Bertz CT molecular complexity index is 278. The first-order valence-corrected chi connectivity index (χ1v) is 5.98. The van der Waals surface area contributed by atoms with Crippen LogP contribution in [0.4, 0.5) is 11.4 Å². The third-order valence-corrected chi connectivity index (χ3v) is 3.08. The molecular formula is C10H17N3S. The Balaban J connectivity index is 2.31. The predicted molar refractivity (Wildman–Crippen MR) is 64.7 cm³/mol. The van der Waals surface area contributed by atoms with Crippen molar-refractivity contribution in [2.45, 2.75) is 18.6 Å². The van der Waals surface area contributed by atoms with Gasteiger partial charge in [-0.3, -0.25) is 4.98 Å². The highest BCUT2D eigenvalue weighted by Crippen LogP contribution is 2.12. The van der Waals surface area contributed by atoms with E-state index in [0.29, 0.717) is 10.9 Å². The normalized spacial score (nSPS) is 12.4. The minimum atomic E-state index is 0.691. The molecule has 1 heterocycles. The number of pyridine rings is 1. The highest BCUT2D eigenvalue weighted by molar-refractivity contribution is 7.99. The van der Waals surface area contributed by atoms with E-state index in [-0.39, 0.29) is 0 Å². The molecule has 1 rings (SSSR count). The quantitative estimate of drug-likeness (QED) is 0.784. The summed E-state index contributed by atoms with van der Waals surface area (Å²) in [6.07, 6.45) is 6.72. The van der Waals surface area contributed by atoms with Crippen LogP contribution in [0.15, 0.2) is 18.5 Å². The Labute approximate surface area is 89.5 Å². The number of rotatable bonds is 5. The van der Waals surface area contributed by atoms with Crippen molar-refractivity contribution in [3.8, 4) is 0 Å². The first-order chi connectivity index (χ1) is 6.72. The van der Waals surface area contributed by atoms with Gasteiger partial charge in [0.2, 0.25) is 0 Å². The Morgan fingerprint density at radius 3 is 3.00 bits per heavy atom. The average molecular weight is 211 g/mol. The lowest BCUT2D eigenvalue weighted by Gasteiger charge is -2.09. The number of nitrogens with two attached hydrogens (primary N) is 1. The predicted octanol–water partition coefficient (Wildman–Crippen LogP) is 2.22. The van der Waals surface area contributed by atoms with Crippen LogP contribution < -0.4 is 11.1 Å². The van der Waals surface area contributed by atoms with Crippen molar-refractivity contribution in [3.05, 3.63) is 18.5 Å². The molecule has 0 fully saturated rings. The molecule has 0 aliphatic rings. The molecule has 78 valence electrons. The van der Waals surface area contributed by atoms with E-state index in [4.69, 9.17) is 5.73 Å². The van der Waals surface area contributed by atoms with Gasteiger partial charge < -0.3 is 11.1 Å². The van der Waals surface area contributed by atoms with Crippen molar-refractivity contribution in [3.63, 3.8) is 0 Å². The molecule has 0 saturated heterocycles. The zero-order valence-electron chi connectivity index (χ0n) is 8.66. The van der Waals surface area contributed by atoms with E-state index in [1.807, 2.05) is 17.8 Å². The first-order valence-electron chi connectivity index (χ1n) is 4.69. The average Bonchev–Trinajstić information content (AvgIpc) is 2.17. The molecule has 1 unspecified atom stereocenters. The molecule has 0 radical (unpaired) electrons. The number of thioether (sulfide) groups is 1. The minimum Gasteiger partial charge on any atom is -0.397 e. The van der Waals surface area contributed by atoms with Crippen molar-refractivity contribution in [2.75, 3.05) is 23.9 Å². The second-order valence-corrected chi connectivity index (χ2v) is 4.54. The van der Waals surface area contributed by atoms with E-state index in [9.17, 15) is 0 Å². The fourth-order valence-corrected chi connectivity index (χ4v) is 1.45. The van der Waals surface area contributed by atoms with E-state index < -0.39 is 0 Å². The van der Waals surface area contributed by atoms with Crippen molar-refractivity contribution < 1.29 is 0 Å². The number of hydrogen-bond acceptors (Lipinski definition) is 4. The molecule has 3 N–H and O–H groups in total. The first kappa shape index (κ1) is 11.2. The smallest absolute Gasteiger partial charge is 0.0547 e. The van der Waals surface area contributed by atoms with Crippen molar-refractivity contribution in [1.82, 2.24) is 4.98 Å². The van der Waals surface area contributed by atoms with Crippen LogP contribution in [0.1, 0.15) is 13.3 Å². The van der Waals surface area contributed by atoms with E-state index >= 15 is 0 Å². The highest BCUT2D eigenvalue weighted by atomic mass is 32.2. The molecule has 1 aromatic heterocycles. The van der Waals surface area contributed by atoms with Gasteiger partial charge in [-0.05, 0) is 18.7 Å². The van der Waals surface area contributed by atoms with E-state index in [1.54, 1.807) is 12.4 Å². The Morgan fingerprint density at radius 1 is 1.57 bits per heavy atom. The molecule has 4 heteroatoms. The van der Waals surface area contributed by atoms with E-state index in [0.717, 1.165) is 18.7 Å². The maximum absolute atomic E-state index is 5.61. The molecule has 3 nitrogen and oxygen atoms in total. The number of nitrogens with one attached hydrogen (secondary N) is 1. The molecule has 0 aliphatic heterocycles. The fourth-order valence-electron chi connectivity index (χ4n) is 1.09. The summed E-state index contributed by atoms with van der Waals surface area (Å²) >= 11 is 1.88. The van der Waals surface area contributed by atoms with Gasteiger partial charge in [-0.1, -0.05) is 6.92 Å². The fraction of sp³-hybridized carbons (Fsp3) is 0.500. The monoisotopic (exact) mass is 211 g/mol.